The molecule has 0 spiro atoms. The number of hydrogen-bond donors (Lipinski definition) is 2. The summed E-state index contributed by atoms with van der Waals surface area (Å²) in [4.78, 5) is 0. The summed E-state index contributed by atoms with van der Waals surface area (Å²) in [5.74, 6) is 1.11. The molecule has 1 heterocycles. The molecule has 0 amide bonds. The number of nitrogens with one attached hydrogen (secondary N) is 2. The quantitative estimate of drug-likeness (QED) is 0.481. The maximum absolute atomic E-state index is 11.3. The fourth-order valence-corrected chi connectivity index (χ4v) is 3.87. The molecular formula is C13H17N3O3S2. The van der Waals surface area contributed by atoms with E-state index in [0.29, 0.717) is 11.5 Å². The third kappa shape index (κ3) is 4.98. The Morgan fingerprint density at radius 1 is 1.43 bits per heavy atom. The lowest BCUT2D eigenvalue weighted by molar-refractivity contribution is 0.415. The van der Waals surface area contributed by atoms with Crippen LogP contribution in [0.5, 0.6) is 5.75 Å². The van der Waals surface area contributed by atoms with E-state index in [0.717, 1.165) is 11.3 Å². The molecule has 1 aliphatic rings. The largest absolute Gasteiger partial charge is 0.497 e. The average molecular weight is 327 g/mol. The minimum Gasteiger partial charge on any atom is -0.497 e. The lowest BCUT2D eigenvalue weighted by atomic mass is 10.2. The van der Waals surface area contributed by atoms with E-state index in [2.05, 4.69) is 15.8 Å². The van der Waals surface area contributed by atoms with Crippen molar-refractivity contribution >= 4 is 33.4 Å². The molecule has 0 bridgehead atoms. The highest BCUT2D eigenvalue weighted by Gasteiger charge is 2.27. The molecule has 1 aromatic rings. The Labute approximate surface area is 129 Å². The molecule has 0 unspecified atom stereocenters. The Morgan fingerprint density at radius 2 is 2.14 bits per heavy atom. The van der Waals surface area contributed by atoms with Gasteiger partial charge in [-0.1, -0.05) is 0 Å². The third-order valence-electron chi connectivity index (χ3n) is 3.06. The Hall–Kier alpha value is -1.67. The van der Waals surface area contributed by atoms with E-state index in [1.54, 1.807) is 13.3 Å². The monoisotopic (exact) mass is 327 g/mol. The van der Waals surface area contributed by atoms with Crippen molar-refractivity contribution < 1.29 is 13.2 Å². The number of thiocarbonyl (C=S) groups is 1. The standard InChI is InChI=1S/C13H17N3O3S2/c1-19-12-4-2-10(3-5-12)8-14-16-13(20)15-11-6-7-21(17,18)9-11/h2-5,8,11H,6-7,9H2,1H3,(H2,15,16,20)/b14-8-/t11-/m0/s1. The Kier molecular flexibility index (Phi) is 5.13. The van der Waals surface area contributed by atoms with Gasteiger partial charge in [0.05, 0.1) is 24.8 Å². The van der Waals surface area contributed by atoms with Crippen LogP contribution in [0.3, 0.4) is 0 Å². The SMILES string of the molecule is COc1ccc(/C=N\NC(=S)N[C@H]2CCS(=O)(=O)C2)cc1. The van der Waals surface area contributed by atoms with E-state index in [1.165, 1.54) is 0 Å². The highest BCUT2D eigenvalue weighted by atomic mass is 32.2. The second-order valence-electron chi connectivity index (χ2n) is 4.72. The van der Waals surface area contributed by atoms with Crippen LogP contribution in [0.4, 0.5) is 0 Å². The second-order valence-corrected chi connectivity index (χ2v) is 7.35. The lowest BCUT2D eigenvalue weighted by Gasteiger charge is -2.12. The maximum atomic E-state index is 11.3. The van der Waals surface area contributed by atoms with Crippen LogP contribution in [0.1, 0.15) is 12.0 Å². The zero-order chi connectivity index (χ0) is 15.3. The van der Waals surface area contributed by atoms with Crippen molar-refractivity contribution in [3.05, 3.63) is 29.8 Å². The lowest BCUT2D eigenvalue weighted by Crippen LogP contribution is -2.40. The minimum absolute atomic E-state index is 0.122. The molecule has 6 nitrogen and oxygen atoms in total. The number of hydrazone groups is 1. The van der Waals surface area contributed by atoms with Crippen molar-refractivity contribution in [2.75, 3.05) is 18.6 Å². The molecule has 0 radical (unpaired) electrons. The van der Waals surface area contributed by atoms with E-state index in [4.69, 9.17) is 17.0 Å². The van der Waals surface area contributed by atoms with E-state index in [1.807, 2.05) is 24.3 Å². The van der Waals surface area contributed by atoms with Crippen molar-refractivity contribution in [3.8, 4) is 5.75 Å². The van der Waals surface area contributed by atoms with Gasteiger partial charge in [0.1, 0.15) is 5.75 Å². The van der Waals surface area contributed by atoms with Crippen LogP contribution < -0.4 is 15.5 Å². The van der Waals surface area contributed by atoms with Crippen molar-refractivity contribution in [3.63, 3.8) is 0 Å². The number of methoxy groups -OCH3 is 1. The molecule has 21 heavy (non-hydrogen) atoms. The molecule has 2 rings (SSSR count). The third-order valence-corrected chi connectivity index (χ3v) is 5.04. The van der Waals surface area contributed by atoms with Crippen LogP contribution in [0.2, 0.25) is 0 Å². The molecule has 114 valence electrons. The van der Waals surface area contributed by atoms with Gasteiger partial charge in [-0.05, 0) is 48.5 Å². The molecule has 0 aromatic heterocycles. The van der Waals surface area contributed by atoms with Gasteiger partial charge >= 0.3 is 0 Å². The molecule has 1 aliphatic heterocycles. The predicted octanol–water partition coefficient (Wildman–Crippen LogP) is 0.680. The molecule has 1 aromatic carbocycles. The van der Waals surface area contributed by atoms with Gasteiger partial charge in [-0.15, -0.1) is 0 Å². The number of ether oxygens (including phenoxy) is 1. The number of sulfone groups is 1. The van der Waals surface area contributed by atoms with Crippen LogP contribution in [0.15, 0.2) is 29.4 Å². The maximum Gasteiger partial charge on any atom is 0.187 e. The fraction of sp³-hybridized carbons (Fsp3) is 0.385. The molecule has 0 saturated carbocycles. The van der Waals surface area contributed by atoms with Crippen LogP contribution in [0.25, 0.3) is 0 Å². The van der Waals surface area contributed by atoms with Gasteiger partial charge in [0, 0.05) is 6.04 Å². The molecule has 1 saturated heterocycles. The summed E-state index contributed by atoms with van der Waals surface area (Å²) in [7, 11) is -1.30. The predicted molar refractivity (Wildman–Crippen MR) is 86.5 cm³/mol. The van der Waals surface area contributed by atoms with Gasteiger partial charge < -0.3 is 10.1 Å². The first-order chi connectivity index (χ1) is 9.98. The van der Waals surface area contributed by atoms with Crippen molar-refractivity contribution in [1.29, 1.82) is 0 Å². The summed E-state index contributed by atoms with van der Waals surface area (Å²) in [5, 5.41) is 7.27. The number of rotatable bonds is 4. The summed E-state index contributed by atoms with van der Waals surface area (Å²) in [5.41, 5.74) is 3.58. The zero-order valence-corrected chi connectivity index (χ0v) is 13.2. The van der Waals surface area contributed by atoms with Crippen molar-refractivity contribution in [2.45, 2.75) is 12.5 Å². The van der Waals surface area contributed by atoms with E-state index in [-0.39, 0.29) is 17.5 Å². The number of hydrogen-bond acceptors (Lipinski definition) is 5. The van der Waals surface area contributed by atoms with Crippen LogP contribution in [-0.2, 0) is 9.84 Å². The molecule has 0 aliphatic carbocycles. The van der Waals surface area contributed by atoms with Gasteiger partial charge in [0.25, 0.3) is 0 Å². The van der Waals surface area contributed by atoms with Gasteiger partial charge in [0.2, 0.25) is 0 Å². The highest BCUT2D eigenvalue weighted by molar-refractivity contribution is 7.91. The first kappa shape index (κ1) is 15.7. The van der Waals surface area contributed by atoms with Gasteiger partial charge in [0.15, 0.2) is 14.9 Å². The van der Waals surface area contributed by atoms with E-state index < -0.39 is 9.84 Å². The fourth-order valence-electron chi connectivity index (χ4n) is 1.98. The summed E-state index contributed by atoms with van der Waals surface area (Å²) in [6.07, 6.45) is 2.20. The summed E-state index contributed by atoms with van der Waals surface area (Å²) >= 11 is 5.07. The summed E-state index contributed by atoms with van der Waals surface area (Å²) in [6.45, 7) is 0. The van der Waals surface area contributed by atoms with Crippen LogP contribution >= 0.6 is 12.2 Å². The van der Waals surface area contributed by atoms with E-state index >= 15 is 0 Å². The molecular weight excluding hydrogens is 310 g/mol. The Bertz CT molecular complexity index is 627. The Balaban J connectivity index is 1.79. The van der Waals surface area contributed by atoms with Crippen LogP contribution in [0, 0.1) is 0 Å². The first-order valence-corrected chi connectivity index (χ1v) is 8.65. The average Bonchev–Trinajstić information content (AvgIpc) is 2.78. The minimum atomic E-state index is -2.91. The topological polar surface area (TPSA) is 79.8 Å². The highest BCUT2D eigenvalue weighted by Crippen LogP contribution is 2.11. The Morgan fingerprint density at radius 3 is 2.71 bits per heavy atom. The van der Waals surface area contributed by atoms with Gasteiger partial charge in [-0.3, -0.25) is 5.43 Å². The molecule has 1 atom stereocenters. The summed E-state index contributed by atoms with van der Waals surface area (Å²) in [6, 6.07) is 7.27. The normalized spacial score (nSPS) is 20.3. The number of nitrogens with zero attached hydrogens (tertiary/aromatic N) is 1. The zero-order valence-electron chi connectivity index (χ0n) is 11.6. The van der Waals surface area contributed by atoms with Crippen LogP contribution in [-0.4, -0.2) is 44.4 Å². The molecule has 2 N–H and O–H groups in total. The molecule has 8 heteroatoms. The molecule has 1 fully saturated rings. The first-order valence-electron chi connectivity index (χ1n) is 6.42. The summed E-state index contributed by atoms with van der Waals surface area (Å²) < 4.78 is 27.7. The van der Waals surface area contributed by atoms with E-state index in [9.17, 15) is 8.42 Å². The smallest absolute Gasteiger partial charge is 0.187 e. The van der Waals surface area contributed by atoms with Gasteiger partial charge in [-0.2, -0.15) is 5.10 Å². The van der Waals surface area contributed by atoms with Gasteiger partial charge in [-0.25, -0.2) is 8.42 Å². The second kappa shape index (κ2) is 6.86. The van der Waals surface area contributed by atoms with Crippen molar-refractivity contribution in [2.24, 2.45) is 5.10 Å². The van der Waals surface area contributed by atoms with Crippen molar-refractivity contribution in [1.82, 2.24) is 10.7 Å². The number of benzene rings is 1.